The van der Waals surface area contributed by atoms with Crippen LogP contribution in [0.1, 0.15) is 93.4 Å². The first-order chi connectivity index (χ1) is 32.2. The van der Waals surface area contributed by atoms with Crippen LogP contribution in [0.15, 0.2) is 71.0 Å². The van der Waals surface area contributed by atoms with E-state index in [2.05, 4.69) is 26.0 Å². The van der Waals surface area contributed by atoms with E-state index in [-0.39, 0.29) is 42.7 Å². The van der Waals surface area contributed by atoms with E-state index in [9.17, 15) is 27.6 Å². The van der Waals surface area contributed by atoms with Crippen molar-refractivity contribution in [3.05, 3.63) is 66.1 Å². The molecule has 19 heteroatoms. The Balaban J connectivity index is 1.21. The molecule has 4 amide bonds. The zero-order valence-electron chi connectivity index (χ0n) is 40.0. The van der Waals surface area contributed by atoms with Crippen LogP contribution in [0.2, 0.25) is 0 Å². The van der Waals surface area contributed by atoms with Gasteiger partial charge in [-0.1, -0.05) is 44.6 Å². The summed E-state index contributed by atoms with van der Waals surface area (Å²) in [5.41, 5.74) is -0.297. The molecule has 0 unspecified atom stereocenters. The highest BCUT2D eigenvalue weighted by Crippen LogP contribution is 2.46. The monoisotopic (exact) mass is 972 g/mol. The minimum atomic E-state index is -4.40. The number of rotatable bonds is 12. The normalized spacial score (nSPS) is 22.6. The van der Waals surface area contributed by atoms with Crippen molar-refractivity contribution in [2.75, 3.05) is 30.8 Å². The van der Waals surface area contributed by atoms with Crippen molar-refractivity contribution in [1.29, 1.82) is 0 Å². The number of sulfonamides is 1. The van der Waals surface area contributed by atoms with Crippen molar-refractivity contribution in [2.45, 2.75) is 134 Å². The van der Waals surface area contributed by atoms with Gasteiger partial charge in [0.25, 0.3) is 15.9 Å². The van der Waals surface area contributed by atoms with Gasteiger partial charge in [-0.05, 0) is 90.5 Å². The second-order valence-electron chi connectivity index (χ2n) is 19.4. The molecule has 5 N–H and O–H groups in total. The molecule has 1 saturated carbocycles. The van der Waals surface area contributed by atoms with E-state index in [0.29, 0.717) is 46.0 Å². The van der Waals surface area contributed by atoms with Gasteiger partial charge >= 0.3 is 6.09 Å². The molecule has 17 nitrogen and oxygen atoms in total. The highest BCUT2D eigenvalue weighted by Gasteiger charge is 2.61. The molecule has 0 bridgehead atoms. The molecule has 68 heavy (non-hydrogen) atoms. The van der Waals surface area contributed by atoms with Crippen molar-refractivity contribution < 1.29 is 41.8 Å². The summed E-state index contributed by atoms with van der Waals surface area (Å²) in [4.78, 5) is 67.9. The Bertz CT molecular complexity index is 2650. The summed E-state index contributed by atoms with van der Waals surface area (Å²) >= 11 is 1.45. The summed E-state index contributed by atoms with van der Waals surface area (Å²) < 4.78 is 48.0. The van der Waals surface area contributed by atoms with E-state index >= 15 is 0 Å². The van der Waals surface area contributed by atoms with Crippen LogP contribution in [-0.2, 0) is 29.1 Å². The average molecular weight is 973 g/mol. The lowest BCUT2D eigenvalue weighted by Gasteiger charge is -2.29. The Morgan fingerprint density at radius 1 is 1.01 bits per heavy atom. The first-order valence-electron chi connectivity index (χ1n) is 23.3. The number of carbonyl (C=O) groups excluding carboxylic acids is 4. The molecule has 0 spiro atoms. The quantitative estimate of drug-likeness (QED) is 0.0876. The van der Waals surface area contributed by atoms with Crippen molar-refractivity contribution in [3.63, 3.8) is 0 Å². The molecule has 2 fully saturated rings. The molecular formula is C49H64N8O9S2. The van der Waals surface area contributed by atoms with Gasteiger partial charge in [0.1, 0.15) is 45.4 Å². The minimum absolute atomic E-state index is 0.0213. The third-order valence-corrected chi connectivity index (χ3v) is 14.3. The Morgan fingerprint density at radius 2 is 1.79 bits per heavy atom. The third kappa shape index (κ3) is 12.0. The predicted octanol–water partition coefficient (Wildman–Crippen LogP) is 7.40. The van der Waals surface area contributed by atoms with E-state index in [4.69, 9.17) is 24.2 Å². The Hall–Kier alpha value is -5.95. The Morgan fingerprint density at radius 3 is 2.53 bits per heavy atom. The number of benzene rings is 2. The van der Waals surface area contributed by atoms with Gasteiger partial charge in [0.15, 0.2) is 5.13 Å². The maximum absolute atomic E-state index is 14.9. The van der Waals surface area contributed by atoms with Crippen molar-refractivity contribution in [1.82, 2.24) is 30.2 Å². The first-order valence-corrected chi connectivity index (χ1v) is 25.7. The van der Waals surface area contributed by atoms with Crippen LogP contribution in [0.4, 0.5) is 15.6 Å². The Labute approximate surface area is 402 Å². The molecule has 3 aliphatic rings. The van der Waals surface area contributed by atoms with Crippen LogP contribution < -0.4 is 35.5 Å². The topological polar surface area (TPSA) is 219 Å². The van der Waals surface area contributed by atoms with Gasteiger partial charge < -0.3 is 40.4 Å². The number of nitrogens with zero attached hydrogens (tertiary/aromatic N) is 3. The van der Waals surface area contributed by atoms with E-state index < -0.39 is 69.1 Å². The molecule has 7 rings (SSSR count). The second-order valence-corrected chi connectivity index (χ2v) is 21.9. The molecule has 2 aromatic carbocycles. The van der Waals surface area contributed by atoms with Gasteiger partial charge in [-0.25, -0.2) is 27.9 Å². The summed E-state index contributed by atoms with van der Waals surface area (Å²) in [5.74, 6) is -1.65. The molecule has 5 atom stereocenters. The van der Waals surface area contributed by atoms with Gasteiger partial charge in [0.05, 0.1) is 30.6 Å². The lowest BCUT2D eigenvalue weighted by Crippen LogP contribution is -2.56. The molecule has 2 aromatic heterocycles. The van der Waals surface area contributed by atoms with Crippen molar-refractivity contribution in [3.8, 4) is 22.9 Å². The lowest BCUT2D eigenvalue weighted by atomic mass is 10.00. The number of ether oxygens (including phenoxy) is 3. The number of methoxy groups -OCH3 is 1. The van der Waals surface area contributed by atoms with Crippen LogP contribution in [-0.4, -0.2) is 103 Å². The molecule has 0 radical (unpaired) electrons. The number of likely N-dealkylation sites (tertiary alicyclic amines) is 1. The number of carbonyl (C=O) groups is 4. The maximum Gasteiger partial charge on any atom is 0.407 e. The predicted molar refractivity (Wildman–Crippen MR) is 262 cm³/mol. The summed E-state index contributed by atoms with van der Waals surface area (Å²) in [6.45, 7) is 13.6. The first kappa shape index (κ1) is 49.9. The van der Waals surface area contributed by atoms with Crippen LogP contribution >= 0.6 is 11.3 Å². The lowest BCUT2D eigenvalue weighted by molar-refractivity contribution is -0.140. The number of para-hydroxylation sites is 1. The SMILES string of the molecule is COc1ccc2c(O[C@@H]3C[C@@H](C(=O)N[C@]45C[C@H]4/C=C\CCCCCNc4ccccc4S(=O)(=O)NC5=O)N(C(=O)C[C@@H](NC(=O)OC(C)(C)C)C(C)C)C3)cc(-c3csc(NC(C)C)n3)nc2c1. The van der Waals surface area contributed by atoms with E-state index in [1.165, 1.54) is 22.3 Å². The largest absolute Gasteiger partial charge is 0.497 e. The summed E-state index contributed by atoms with van der Waals surface area (Å²) in [5, 5.41) is 15.6. The molecule has 2 aliphatic heterocycles. The van der Waals surface area contributed by atoms with Gasteiger partial charge in [-0.2, -0.15) is 0 Å². The molecule has 1 saturated heterocycles. The minimum Gasteiger partial charge on any atom is -0.497 e. The molecule has 4 heterocycles. The number of amides is 4. The van der Waals surface area contributed by atoms with Crippen LogP contribution in [0.5, 0.6) is 11.5 Å². The number of pyridine rings is 1. The molecule has 366 valence electrons. The summed E-state index contributed by atoms with van der Waals surface area (Å²) in [6.07, 6.45) is 5.77. The zero-order chi connectivity index (χ0) is 49.0. The van der Waals surface area contributed by atoms with E-state index in [1.807, 2.05) is 51.3 Å². The number of allylic oxidation sites excluding steroid dienone is 1. The fourth-order valence-electron chi connectivity index (χ4n) is 8.49. The highest BCUT2D eigenvalue weighted by molar-refractivity contribution is 7.90. The molecule has 1 aliphatic carbocycles. The fourth-order valence-corrected chi connectivity index (χ4v) is 10.6. The number of aromatic nitrogens is 2. The number of anilines is 2. The Kier molecular flexibility index (Phi) is 15.2. The molecular weight excluding hydrogens is 909 g/mol. The standard InChI is InChI=1S/C49H64N8O9S2/c1-29(2)36(54-47(61)66-48(5,6)7)25-43(58)57-27-33(65-41-24-38(39-28-67-46(53-39)51-30(3)4)52-37-22-32(64-8)19-20-34(37)41)23-40(57)44(59)55-49-26-31(49)16-12-10-9-11-15-21-50-35-17-13-14-18-42(35)68(62,63)56-45(49)60/h12-14,16-20,22,24,28-31,33,36,40,50H,9-11,15,21,23,25-27H2,1-8H3,(H,51,53)(H,54,61)(H,55,59)(H,56,60)/b16-12-/t31-,33-,36-,40+,49-/m1/s1. The third-order valence-electron chi connectivity index (χ3n) is 12.1. The number of hydrogen-bond donors (Lipinski definition) is 5. The summed E-state index contributed by atoms with van der Waals surface area (Å²) in [7, 11) is -2.83. The van der Waals surface area contributed by atoms with Gasteiger partial charge in [-0.15, -0.1) is 11.3 Å². The van der Waals surface area contributed by atoms with E-state index in [0.717, 1.165) is 30.8 Å². The average Bonchev–Trinajstić information content (AvgIpc) is 3.52. The zero-order valence-corrected chi connectivity index (χ0v) is 41.6. The van der Waals surface area contributed by atoms with Crippen molar-refractivity contribution >= 4 is 66.9 Å². The van der Waals surface area contributed by atoms with Crippen LogP contribution in [0.3, 0.4) is 0 Å². The second kappa shape index (κ2) is 20.7. The number of thiazole rings is 1. The summed E-state index contributed by atoms with van der Waals surface area (Å²) in [6, 6.07) is 12.0. The molecule has 4 aromatic rings. The number of nitrogens with one attached hydrogen (secondary N) is 5. The number of hydrogen-bond acceptors (Lipinski definition) is 14. The maximum atomic E-state index is 14.9. The van der Waals surface area contributed by atoms with Crippen LogP contribution in [0.25, 0.3) is 22.3 Å². The number of fused-ring (bicyclic) bond motifs is 3. The van der Waals surface area contributed by atoms with E-state index in [1.54, 1.807) is 64.3 Å². The number of alkyl carbamates (subject to hydrolysis) is 1. The van der Waals surface area contributed by atoms with Gasteiger partial charge in [0, 0.05) is 60.3 Å². The fraction of sp³-hybridized carbons (Fsp3) is 0.510. The van der Waals surface area contributed by atoms with Crippen molar-refractivity contribution in [2.24, 2.45) is 11.8 Å². The van der Waals surface area contributed by atoms with Gasteiger partial charge in [0.2, 0.25) is 11.8 Å². The highest BCUT2D eigenvalue weighted by atomic mass is 32.2. The smallest absolute Gasteiger partial charge is 0.407 e. The van der Waals surface area contributed by atoms with Gasteiger partial charge in [-0.3, -0.25) is 14.4 Å². The van der Waals surface area contributed by atoms with Crippen LogP contribution in [0, 0.1) is 11.8 Å².